The van der Waals surface area contributed by atoms with E-state index in [1.165, 1.54) is 12.4 Å². The van der Waals surface area contributed by atoms with Crippen LogP contribution in [0.5, 0.6) is 5.75 Å². The van der Waals surface area contributed by atoms with Crippen molar-refractivity contribution < 1.29 is 13.5 Å². The Balaban J connectivity index is 1.78. The van der Waals surface area contributed by atoms with Crippen LogP contribution in [0.15, 0.2) is 54.9 Å². The maximum absolute atomic E-state index is 12.9. The number of aromatic nitrogens is 3. The molecule has 0 fully saturated rings. The monoisotopic (exact) mass is 417 g/mol. The van der Waals surface area contributed by atoms with Crippen molar-refractivity contribution in [2.75, 3.05) is 24.3 Å². The third-order valence-corrected chi connectivity index (χ3v) is 4.84. The van der Waals surface area contributed by atoms with E-state index in [4.69, 9.17) is 11.6 Å². The molecule has 2 aromatic carbocycles. The highest BCUT2D eigenvalue weighted by molar-refractivity contribution is 6.30. The second-order valence-corrected chi connectivity index (χ2v) is 7.12. The van der Waals surface area contributed by atoms with E-state index in [1.807, 2.05) is 49.3 Å². The number of nitrogens with zero attached hydrogens (tertiary/aromatic N) is 4. The number of halogens is 3. The fourth-order valence-corrected chi connectivity index (χ4v) is 3.37. The van der Waals surface area contributed by atoms with Crippen LogP contribution in [0.4, 0.5) is 20.4 Å². The van der Waals surface area contributed by atoms with Crippen molar-refractivity contribution >= 4 is 28.9 Å². The maximum Gasteiger partial charge on any atom is 0.387 e. The van der Waals surface area contributed by atoms with Crippen molar-refractivity contribution in [2.24, 2.45) is 0 Å². The van der Waals surface area contributed by atoms with Crippen LogP contribution in [0.3, 0.4) is 0 Å². The highest BCUT2D eigenvalue weighted by Gasteiger charge is 2.25. The first-order valence-corrected chi connectivity index (χ1v) is 9.20. The van der Waals surface area contributed by atoms with Crippen molar-refractivity contribution in [2.45, 2.75) is 12.7 Å². The summed E-state index contributed by atoms with van der Waals surface area (Å²) in [5, 5.41) is 7.74. The molecular weight excluding hydrogens is 400 g/mol. The summed E-state index contributed by atoms with van der Waals surface area (Å²) >= 11 is 5.97. The molecular formula is C20H18ClF2N5O. The SMILES string of the molecule is CN(C)c1ccc([C@H]2C=C(c3ccc(Cl)cc3OC(F)F)Nc3ncnn32)cc1. The van der Waals surface area contributed by atoms with E-state index in [9.17, 15) is 8.78 Å². The van der Waals surface area contributed by atoms with Gasteiger partial charge < -0.3 is 15.0 Å². The van der Waals surface area contributed by atoms with Crippen LogP contribution in [0, 0.1) is 0 Å². The van der Waals surface area contributed by atoms with Crippen molar-refractivity contribution in [1.82, 2.24) is 14.8 Å². The Hall–Kier alpha value is -3.13. The Kier molecular flexibility index (Phi) is 5.10. The molecule has 1 aromatic heterocycles. The third-order valence-electron chi connectivity index (χ3n) is 4.61. The summed E-state index contributed by atoms with van der Waals surface area (Å²) in [6, 6.07) is 12.4. The number of benzene rings is 2. The van der Waals surface area contributed by atoms with Crippen molar-refractivity contribution in [3.8, 4) is 5.75 Å². The topological polar surface area (TPSA) is 55.2 Å². The standard InChI is InChI=1S/C20H18ClF2N5O/c1-27(2)14-6-3-12(4-7-14)17-10-16(26-20-24-11-25-28(17)20)15-8-5-13(21)9-18(15)29-19(22)23/h3-11,17,19H,1-2H3,(H,24,25,26)/t17-/m1/s1. The second-order valence-electron chi connectivity index (χ2n) is 6.68. The van der Waals surface area contributed by atoms with Crippen LogP contribution >= 0.6 is 11.6 Å². The summed E-state index contributed by atoms with van der Waals surface area (Å²) in [5.74, 6) is 0.489. The molecule has 9 heteroatoms. The van der Waals surface area contributed by atoms with Crippen molar-refractivity contribution in [3.63, 3.8) is 0 Å². The van der Waals surface area contributed by atoms with Gasteiger partial charge >= 0.3 is 6.61 Å². The van der Waals surface area contributed by atoms with Gasteiger partial charge in [-0.25, -0.2) is 4.68 Å². The molecule has 0 spiro atoms. The molecule has 0 saturated carbocycles. The lowest BCUT2D eigenvalue weighted by Crippen LogP contribution is -2.21. The molecule has 0 aliphatic carbocycles. The van der Waals surface area contributed by atoms with Gasteiger partial charge in [-0.3, -0.25) is 0 Å². The molecule has 0 unspecified atom stereocenters. The maximum atomic E-state index is 12.9. The molecule has 1 N–H and O–H groups in total. The molecule has 0 bridgehead atoms. The van der Waals surface area contributed by atoms with Crippen molar-refractivity contribution in [1.29, 1.82) is 0 Å². The minimum absolute atomic E-state index is 0.0130. The van der Waals surface area contributed by atoms with Gasteiger partial charge in [-0.15, -0.1) is 0 Å². The van der Waals surface area contributed by atoms with Gasteiger partial charge in [-0.1, -0.05) is 23.7 Å². The molecule has 150 valence electrons. The van der Waals surface area contributed by atoms with Crippen LogP contribution in [0.2, 0.25) is 5.02 Å². The van der Waals surface area contributed by atoms with E-state index >= 15 is 0 Å². The number of allylic oxidation sites excluding steroid dienone is 1. The van der Waals surface area contributed by atoms with Gasteiger partial charge in [0.1, 0.15) is 18.1 Å². The highest BCUT2D eigenvalue weighted by atomic mass is 35.5. The molecule has 2 heterocycles. The van der Waals surface area contributed by atoms with Gasteiger partial charge in [0.2, 0.25) is 5.95 Å². The zero-order valence-electron chi connectivity index (χ0n) is 15.7. The predicted molar refractivity (Wildman–Crippen MR) is 109 cm³/mol. The number of ether oxygens (including phenoxy) is 1. The largest absolute Gasteiger partial charge is 0.434 e. The smallest absolute Gasteiger partial charge is 0.387 e. The summed E-state index contributed by atoms with van der Waals surface area (Å²) in [6.45, 7) is -2.96. The van der Waals surface area contributed by atoms with Gasteiger partial charge in [-0.05, 0) is 42.0 Å². The summed E-state index contributed by atoms with van der Waals surface area (Å²) < 4.78 is 32.2. The Bertz CT molecular complexity index is 1050. The zero-order valence-corrected chi connectivity index (χ0v) is 16.4. The molecule has 0 saturated heterocycles. The van der Waals surface area contributed by atoms with E-state index in [2.05, 4.69) is 20.1 Å². The fraction of sp³-hybridized carbons (Fsp3) is 0.200. The molecule has 3 aromatic rings. The first-order valence-electron chi connectivity index (χ1n) is 8.83. The second kappa shape index (κ2) is 7.71. The quantitative estimate of drug-likeness (QED) is 0.654. The number of alkyl halides is 2. The fourth-order valence-electron chi connectivity index (χ4n) is 3.21. The number of hydrogen-bond donors (Lipinski definition) is 1. The first-order chi connectivity index (χ1) is 13.9. The Labute approximate surface area is 171 Å². The average molecular weight is 418 g/mol. The molecule has 6 nitrogen and oxygen atoms in total. The molecule has 4 rings (SSSR count). The van der Waals surface area contributed by atoms with Gasteiger partial charge in [-0.2, -0.15) is 18.9 Å². The Morgan fingerprint density at radius 2 is 1.93 bits per heavy atom. The molecule has 1 aliphatic heterocycles. The van der Waals surface area contributed by atoms with Crippen molar-refractivity contribution in [3.05, 3.63) is 71.0 Å². The molecule has 0 amide bonds. The number of anilines is 2. The Morgan fingerprint density at radius 3 is 2.62 bits per heavy atom. The number of fused-ring (bicyclic) bond motifs is 1. The van der Waals surface area contributed by atoms with Gasteiger partial charge in [0.05, 0.1) is 5.70 Å². The average Bonchev–Trinajstić information content (AvgIpc) is 3.15. The van der Waals surface area contributed by atoms with E-state index in [0.717, 1.165) is 11.3 Å². The highest BCUT2D eigenvalue weighted by Crippen LogP contribution is 2.37. The number of hydrogen-bond acceptors (Lipinski definition) is 5. The van der Waals surface area contributed by atoms with Crippen LogP contribution in [0.25, 0.3) is 5.70 Å². The normalized spacial score (nSPS) is 15.5. The van der Waals surface area contributed by atoms with Gasteiger partial charge in [0.15, 0.2) is 0 Å². The minimum atomic E-state index is -2.96. The van der Waals surface area contributed by atoms with Crippen LogP contribution < -0.4 is 15.0 Å². The molecule has 1 aliphatic rings. The summed E-state index contributed by atoms with van der Waals surface area (Å²) in [4.78, 5) is 6.25. The van der Waals surface area contributed by atoms with E-state index in [-0.39, 0.29) is 11.8 Å². The molecule has 1 atom stereocenters. The summed E-state index contributed by atoms with van der Waals surface area (Å²) in [7, 11) is 3.94. The number of rotatable bonds is 5. The number of nitrogens with one attached hydrogen (secondary N) is 1. The molecule has 29 heavy (non-hydrogen) atoms. The van der Waals surface area contributed by atoms with Crippen LogP contribution in [0.1, 0.15) is 17.2 Å². The first kappa shape index (κ1) is 19.2. The lowest BCUT2D eigenvalue weighted by Gasteiger charge is -2.25. The van der Waals surface area contributed by atoms with E-state index in [1.54, 1.807) is 16.8 Å². The zero-order chi connectivity index (χ0) is 20.5. The molecule has 0 radical (unpaired) electrons. The summed E-state index contributed by atoms with van der Waals surface area (Å²) in [6.07, 6.45) is 3.34. The van der Waals surface area contributed by atoms with Crippen LogP contribution in [-0.4, -0.2) is 35.5 Å². The lowest BCUT2D eigenvalue weighted by molar-refractivity contribution is -0.0500. The van der Waals surface area contributed by atoms with Gasteiger partial charge in [0, 0.05) is 30.4 Å². The lowest BCUT2D eigenvalue weighted by atomic mass is 10.0. The third kappa shape index (κ3) is 3.88. The van der Waals surface area contributed by atoms with Crippen LogP contribution in [-0.2, 0) is 0 Å². The summed E-state index contributed by atoms with van der Waals surface area (Å²) in [5.41, 5.74) is 3.08. The van der Waals surface area contributed by atoms with Gasteiger partial charge in [0.25, 0.3) is 0 Å². The van der Waals surface area contributed by atoms with E-state index in [0.29, 0.717) is 22.2 Å². The minimum Gasteiger partial charge on any atom is -0.434 e. The Morgan fingerprint density at radius 1 is 1.17 bits per heavy atom. The van der Waals surface area contributed by atoms with E-state index < -0.39 is 6.61 Å². The predicted octanol–water partition coefficient (Wildman–Crippen LogP) is 4.65.